The van der Waals surface area contributed by atoms with Crippen LogP contribution in [0.2, 0.25) is 0 Å². The van der Waals surface area contributed by atoms with Crippen LogP contribution in [0.1, 0.15) is 36.4 Å². The molecule has 0 aliphatic carbocycles. The molecule has 0 radical (unpaired) electrons. The summed E-state index contributed by atoms with van der Waals surface area (Å²) in [6.07, 6.45) is 0. The Balaban J connectivity index is 2.02. The molecule has 2 rings (SSSR count). The second-order valence-corrected chi connectivity index (χ2v) is 7.71. The van der Waals surface area contributed by atoms with Crippen LogP contribution in [0, 0.1) is 0 Å². The Kier molecular flexibility index (Phi) is 5.01. The average molecular weight is 389 g/mol. The maximum atomic E-state index is 3.62. The minimum absolute atomic E-state index is 0.342. The molecular weight excluding hydrogens is 374 g/mol. The quantitative estimate of drug-likeness (QED) is 0.709. The van der Waals surface area contributed by atoms with E-state index >= 15 is 0 Å². The first-order chi connectivity index (χ1) is 8.56. The van der Waals surface area contributed by atoms with Gasteiger partial charge in [0.1, 0.15) is 0 Å². The van der Waals surface area contributed by atoms with E-state index in [1.807, 2.05) is 0 Å². The van der Waals surface area contributed by atoms with Gasteiger partial charge in [-0.25, -0.2) is 0 Å². The van der Waals surface area contributed by atoms with Crippen LogP contribution >= 0.6 is 43.2 Å². The standard InChI is InChI=1S/C14H15Br2NS/c1-9(11-3-5-12(15)6-4-11)17-10(2)13-7-8-14(16)18-13/h3-10,17H,1-2H3/t9-,10?/m1/s1. The lowest BCUT2D eigenvalue weighted by Gasteiger charge is -2.19. The molecule has 4 heteroatoms. The molecule has 0 saturated heterocycles. The molecule has 1 N–H and O–H groups in total. The predicted octanol–water partition coefficient (Wildman–Crippen LogP) is 5.68. The molecule has 0 aliphatic heterocycles. The second kappa shape index (κ2) is 6.33. The van der Waals surface area contributed by atoms with Gasteiger partial charge in [0.25, 0.3) is 0 Å². The highest BCUT2D eigenvalue weighted by atomic mass is 79.9. The van der Waals surface area contributed by atoms with Gasteiger partial charge < -0.3 is 5.32 Å². The van der Waals surface area contributed by atoms with Crippen molar-refractivity contribution in [3.8, 4) is 0 Å². The molecule has 1 nitrogen and oxygen atoms in total. The largest absolute Gasteiger partial charge is 0.303 e. The van der Waals surface area contributed by atoms with E-state index in [9.17, 15) is 0 Å². The highest BCUT2D eigenvalue weighted by Gasteiger charge is 2.12. The maximum absolute atomic E-state index is 3.62. The molecule has 1 aromatic heterocycles. The normalized spacial score (nSPS) is 14.4. The summed E-state index contributed by atoms with van der Waals surface area (Å²) in [5, 5.41) is 3.62. The summed E-state index contributed by atoms with van der Waals surface area (Å²) >= 11 is 8.75. The summed E-state index contributed by atoms with van der Waals surface area (Å²) < 4.78 is 2.30. The molecule has 1 aromatic carbocycles. The van der Waals surface area contributed by atoms with E-state index in [1.54, 1.807) is 11.3 Å². The average Bonchev–Trinajstić information content (AvgIpc) is 2.76. The topological polar surface area (TPSA) is 12.0 Å². The lowest BCUT2D eigenvalue weighted by Crippen LogP contribution is -2.21. The van der Waals surface area contributed by atoms with Crippen LogP contribution in [0.15, 0.2) is 44.7 Å². The molecule has 18 heavy (non-hydrogen) atoms. The van der Waals surface area contributed by atoms with E-state index in [-0.39, 0.29) is 0 Å². The third-order valence-corrected chi connectivity index (χ3v) is 5.23. The number of hydrogen-bond donors (Lipinski definition) is 1. The summed E-state index contributed by atoms with van der Waals surface area (Å²) in [6, 6.07) is 13.4. The van der Waals surface area contributed by atoms with Gasteiger partial charge in [-0.2, -0.15) is 0 Å². The van der Waals surface area contributed by atoms with Crippen molar-refractivity contribution in [3.63, 3.8) is 0 Å². The van der Waals surface area contributed by atoms with Crippen molar-refractivity contribution in [2.45, 2.75) is 25.9 Å². The Bertz CT molecular complexity index is 507. The van der Waals surface area contributed by atoms with Crippen LogP contribution in [-0.4, -0.2) is 0 Å². The van der Waals surface area contributed by atoms with E-state index in [2.05, 4.69) is 87.4 Å². The summed E-state index contributed by atoms with van der Waals surface area (Å²) in [5.74, 6) is 0. The first-order valence-corrected chi connectivity index (χ1v) is 8.23. The van der Waals surface area contributed by atoms with Crippen molar-refractivity contribution in [3.05, 3.63) is 55.1 Å². The molecule has 0 aliphatic rings. The third kappa shape index (κ3) is 3.67. The van der Waals surface area contributed by atoms with Crippen molar-refractivity contribution in [2.75, 3.05) is 0 Å². The van der Waals surface area contributed by atoms with Crippen LogP contribution in [-0.2, 0) is 0 Å². The van der Waals surface area contributed by atoms with Gasteiger partial charge in [0.05, 0.1) is 3.79 Å². The zero-order chi connectivity index (χ0) is 13.1. The van der Waals surface area contributed by atoms with E-state index in [1.165, 1.54) is 14.2 Å². The predicted molar refractivity (Wildman–Crippen MR) is 86.1 cm³/mol. The minimum atomic E-state index is 0.342. The van der Waals surface area contributed by atoms with E-state index in [0.717, 1.165) is 4.47 Å². The third-order valence-electron chi connectivity index (χ3n) is 2.89. The smallest absolute Gasteiger partial charge is 0.0701 e. The molecule has 0 bridgehead atoms. The Morgan fingerprint density at radius 2 is 1.61 bits per heavy atom. The van der Waals surface area contributed by atoms with Crippen LogP contribution in [0.3, 0.4) is 0 Å². The Morgan fingerprint density at radius 1 is 0.944 bits per heavy atom. The SMILES string of the molecule is CC(N[C@H](C)c1ccc(Br)cc1)c1ccc(Br)s1. The number of thiophene rings is 1. The fourth-order valence-corrected chi connectivity index (χ4v) is 3.57. The first kappa shape index (κ1) is 14.3. The lowest BCUT2D eigenvalue weighted by molar-refractivity contribution is 0.500. The van der Waals surface area contributed by atoms with Crippen LogP contribution in [0.4, 0.5) is 0 Å². The molecule has 0 amide bonds. The summed E-state index contributed by atoms with van der Waals surface area (Å²) in [6.45, 7) is 4.40. The van der Waals surface area contributed by atoms with E-state index < -0.39 is 0 Å². The number of benzene rings is 1. The maximum Gasteiger partial charge on any atom is 0.0701 e. The molecule has 0 fully saturated rings. The van der Waals surface area contributed by atoms with Crippen LogP contribution in [0.5, 0.6) is 0 Å². The number of hydrogen-bond acceptors (Lipinski definition) is 2. The van der Waals surface area contributed by atoms with Gasteiger partial charge >= 0.3 is 0 Å². The molecular formula is C14H15Br2NS. The fraction of sp³-hybridized carbons (Fsp3) is 0.286. The monoisotopic (exact) mass is 387 g/mol. The molecule has 1 heterocycles. The zero-order valence-corrected chi connectivity index (χ0v) is 14.3. The lowest BCUT2D eigenvalue weighted by atomic mass is 10.1. The zero-order valence-electron chi connectivity index (χ0n) is 10.3. The molecule has 2 aromatic rings. The highest BCUT2D eigenvalue weighted by molar-refractivity contribution is 9.11. The molecule has 2 atom stereocenters. The summed E-state index contributed by atoms with van der Waals surface area (Å²) in [5.41, 5.74) is 1.31. The number of halogens is 2. The highest BCUT2D eigenvalue weighted by Crippen LogP contribution is 2.28. The number of nitrogens with one attached hydrogen (secondary N) is 1. The fourth-order valence-electron chi connectivity index (χ4n) is 1.87. The van der Waals surface area contributed by atoms with Crippen LogP contribution in [0.25, 0.3) is 0 Å². The summed E-state index contributed by atoms with van der Waals surface area (Å²) in [4.78, 5) is 1.35. The minimum Gasteiger partial charge on any atom is -0.303 e. The number of rotatable bonds is 4. The van der Waals surface area contributed by atoms with Crippen molar-refractivity contribution >= 4 is 43.2 Å². The van der Waals surface area contributed by atoms with Crippen molar-refractivity contribution in [1.82, 2.24) is 5.32 Å². The molecule has 1 unspecified atom stereocenters. The van der Waals surface area contributed by atoms with Crippen molar-refractivity contribution < 1.29 is 0 Å². The van der Waals surface area contributed by atoms with Gasteiger partial charge in [-0.1, -0.05) is 28.1 Å². The first-order valence-electron chi connectivity index (χ1n) is 5.83. The van der Waals surface area contributed by atoms with Crippen molar-refractivity contribution in [2.24, 2.45) is 0 Å². The van der Waals surface area contributed by atoms with E-state index in [0.29, 0.717) is 12.1 Å². The van der Waals surface area contributed by atoms with E-state index in [4.69, 9.17) is 0 Å². The van der Waals surface area contributed by atoms with Gasteiger partial charge in [0.2, 0.25) is 0 Å². The Hall–Kier alpha value is -0.160. The summed E-state index contributed by atoms with van der Waals surface area (Å²) in [7, 11) is 0. The molecule has 0 spiro atoms. The van der Waals surface area contributed by atoms with Gasteiger partial charge in [-0.15, -0.1) is 11.3 Å². The Labute approximate surface area is 129 Å². The van der Waals surface area contributed by atoms with Crippen molar-refractivity contribution in [1.29, 1.82) is 0 Å². The van der Waals surface area contributed by atoms with Gasteiger partial charge in [-0.3, -0.25) is 0 Å². The van der Waals surface area contributed by atoms with Gasteiger partial charge in [0.15, 0.2) is 0 Å². The Morgan fingerprint density at radius 3 is 2.17 bits per heavy atom. The van der Waals surface area contributed by atoms with Gasteiger partial charge in [0, 0.05) is 21.4 Å². The second-order valence-electron chi connectivity index (χ2n) is 4.30. The molecule has 96 valence electrons. The van der Waals surface area contributed by atoms with Gasteiger partial charge in [-0.05, 0) is 59.6 Å². The molecule has 0 saturated carbocycles. The van der Waals surface area contributed by atoms with Crippen LogP contribution < -0.4 is 5.32 Å².